The van der Waals surface area contributed by atoms with E-state index < -0.39 is 0 Å². The zero-order valence-corrected chi connectivity index (χ0v) is 63.9. The summed E-state index contributed by atoms with van der Waals surface area (Å²) in [5, 5.41) is 0. The first-order valence-electron chi connectivity index (χ1n) is 37.3. The molecule has 0 fully saturated rings. The number of aryl methyl sites for hydroxylation is 1. The third kappa shape index (κ3) is 16.2. The van der Waals surface area contributed by atoms with Crippen LogP contribution >= 0.6 is 0 Å². The molecule has 5 aliphatic rings. The van der Waals surface area contributed by atoms with Gasteiger partial charge in [-0.2, -0.15) is 0 Å². The van der Waals surface area contributed by atoms with Crippen molar-refractivity contribution < 1.29 is 0 Å². The van der Waals surface area contributed by atoms with E-state index in [1.54, 1.807) is 0 Å². The van der Waals surface area contributed by atoms with Crippen molar-refractivity contribution in [1.29, 1.82) is 0 Å². The highest BCUT2D eigenvalue weighted by Crippen LogP contribution is 2.61. The summed E-state index contributed by atoms with van der Waals surface area (Å²) >= 11 is 0. The molecule has 11 aromatic rings. The number of fused-ring (bicyclic) bond motifs is 21. The summed E-state index contributed by atoms with van der Waals surface area (Å²) in [5.74, 6) is 0. The molecule has 1 nitrogen and oxygen atoms in total. The van der Waals surface area contributed by atoms with E-state index in [2.05, 4.69) is 262 Å². The van der Waals surface area contributed by atoms with Crippen LogP contribution in [0, 0.1) is 6.92 Å². The Kier molecular flexibility index (Phi) is 36.2. The summed E-state index contributed by atoms with van der Waals surface area (Å²) in [7, 11) is 2.21. The van der Waals surface area contributed by atoms with Crippen LogP contribution in [0.2, 0.25) is 0 Å². The summed E-state index contributed by atoms with van der Waals surface area (Å²) < 4.78 is 0. The molecule has 2 spiro atoms. The van der Waals surface area contributed by atoms with Crippen LogP contribution in [0.25, 0.3) is 33.4 Å². The molecule has 0 saturated carbocycles. The van der Waals surface area contributed by atoms with Crippen molar-refractivity contribution in [1.82, 2.24) is 0 Å². The highest BCUT2D eigenvalue weighted by Gasteiger charge is 2.51. The number of hydrogen-bond acceptors (Lipinski definition) is 1. The Morgan fingerprint density at radius 3 is 0.792 bits per heavy atom. The Bertz CT molecular complexity index is 3850. The fourth-order valence-corrected chi connectivity index (χ4v) is 13.7. The zero-order valence-electron chi connectivity index (χ0n) is 63.9. The first-order valence-corrected chi connectivity index (χ1v) is 37.3. The largest absolute Gasteiger partial charge is 0.345 e. The second kappa shape index (κ2) is 42.6. The van der Waals surface area contributed by atoms with Gasteiger partial charge in [-0.15, -0.1) is 0 Å². The Hall–Kier alpha value is -8.78. The molecule has 0 bridgehead atoms. The minimum absolute atomic E-state index is 0.196. The Labute approximate surface area is 586 Å². The third-order valence-corrected chi connectivity index (χ3v) is 16.9. The number of anilines is 2. The summed E-state index contributed by atoms with van der Waals surface area (Å²) in [4.78, 5) is 2.36. The van der Waals surface area contributed by atoms with Crippen LogP contribution in [-0.2, 0) is 30.1 Å². The van der Waals surface area contributed by atoms with E-state index in [1.165, 1.54) is 128 Å². The van der Waals surface area contributed by atoms with Crippen LogP contribution < -0.4 is 4.90 Å². The molecule has 0 unspecified atom stereocenters. The van der Waals surface area contributed by atoms with Crippen LogP contribution in [0.15, 0.2) is 261 Å². The summed E-state index contributed by atoms with van der Waals surface area (Å²) in [6.07, 6.45) is 2.99. The van der Waals surface area contributed by atoms with E-state index >= 15 is 0 Å². The first kappa shape index (κ1) is 81.5. The van der Waals surface area contributed by atoms with Gasteiger partial charge in [-0.3, -0.25) is 0 Å². The molecule has 0 saturated heterocycles. The maximum Gasteiger partial charge on any atom is 0.0719 e. The van der Waals surface area contributed by atoms with Gasteiger partial charge in [-0.1, -0.05) is 394 Å². The lowest BCUT2D eigenvalue weighted by Gasteiger charge is -2.41. The molecule has 0 radical (unpaired) electrons. The first-order chi connectivity index (χ1) is 47.5. The maximum atomic E-state index is 2.48. The van der Waals surface area contributed by atoms with Gasteiger partial charge in [0.1, 0.15) is 0 Å². The van der Waals surface area contributed by atoms with Gasteiger partial charge in [-0.05, 0) is 162 Å². The zero-order chi connectivity index (χ0) is 71.4. The lowest BCUT2D eigenvalue weighted by atomic mass is 9.61. The van der Waals surface area contributed by atoms with Gasteiger partial charge in [0.15, 0.2) is 0 Å². The van der Waals surface area contributed by atoms with Crippen LogP contribution in [0.1, 0.15) is 236 Å². The third-order valence-electron chi connectivity index (χ3n) is 16.9. The monoisotopic (exact) mass is 1280 g/mol. The van der Waals surface area contributed by atoms with E-state index in [9.17, 15) is 0 Å². The van der Waals surface area contributed by atoms with E-state index in [4.69, 9.17) is 0 Å². The molecule has 0 aromatic heterocycles. The van der Waals surface area contributed by atoms with Crippen molar-refractivity contribution >= 4 is 11.4 Å². The number of rotatable bonds is 2. The predicted molar refractivity (Wildman–Crippen MR) is 432 cm³/mol. The van der Waals surface area contributed by atoms with Crippen LogP contribution in [-0.4, -0.2) is 7.05 Å². The molecule has 16 rings (SSSR count). The van der Waals surface area contributed by atoms with E-state index in [0.717, 1.165) is 19.3 Å². The average Bonchev–Trinajstić information content (AvgIpc) is 1.47. The predicted octanol–water partition coefficient (Wildman–Crippen LogP) is 28.5. The molecule has 0 N–H and O–H groups in total. The van der Waals surface area contributed by atoms with Crippen LogP contribution in [0.5, 0.6) is 0 Å². The summed E-state index contributed by atoms with van der Waals surface area (Å²) in [6, 6.07) is 96.4. The van der Waals surface area contributed by atoms with Crippen LogP contribution in [0.4, 0.5) is 11.4 Å². The van der Waals surface area contributed by atoms with E-state index in [-0.39, 0.29) is 10.8 Å². The molecule has 5 aliphatic carbocycles. The molecule has 1 heteroatoms. The minimum Gasteiger partial charge on any atom is -0.345 e. The Morgan fingerprint density at radius 1 is 0.208 bits per heavy atom. The molecule has 0 aliphatic heterocycles. The summed E-state index contributed by atoms with van der Waals surface area (Å²) in [6.45, 7) is 46.1. The van der Waals surface area contributed by atoms with E-state index in [1.807, 2.05) is 171 Å². The van der Waals surface area contributed by atoms with Crippen molar-refractivity contribution in [3.05, 3.63) is 344 Å². The van der Waals surface area contributed by atoms with Crippen LogP contribution in [0.3, 0.4) is 0 Å². The van der Waals surface area contributed by atoms with Gasteiger partial charge in [0.25, 0.3) is 0 Å². The van der Waals surface area contributed by atoms with E-state index in [0.29, 0.717) is 0 Å². The normalized spacial score (nSPS) is 11.6. The average molecular weight is 1280 g/mol. The molecule has 506 valence electrons. The smallest absolute Gasteiger partial charge is 0.0719 e. The standard InChI is InChI=1S/C40H29N.C26H18.C7H8.11C2H6/c1-41(30-20-18-27-22-26-10-2-4-12-32(26)35(27)24-30)31-21-19-29-23-28-11-3-7-15-36(28)40(39(29)25-31)37-16-8-5-13-33(37)34-14-6-9-17-38(34)40;1-5-13-22-18(9-1)17-19-10-2-6-14-23(19)26(22)24-15-7-3-11-20(24)21-12-4-8-16-25(21)26;1-7-5-3-2-4-6-7;11*1-2/h2-21,24-25H,22-23H2,1H3;1-16H,17H2;2-6H,1H3;11*1-2H3. The molecular weight excluding hydrogens is 1160 g/mol. The Morgan fingerprint density at radius 2 is 0.448 bits per heavy atom. The van der Waals surface area contributed by atoms with Gasteiger partial charge in [0.2, 0.25) is 0 Å². The maximum absolute atomic E-state index is 2.48. The second-order valence-electron chi connectivity index (χ2n) is 20.7. The molecule has 0 heterocycles. The molecule has 0 atom stereocenters. The molecule has 0 amide bonds. The molecular formula is C95H121N. The fraction of sp³-hybridized carbons (Fsp3) is 0.305. The Balaban J connectivity index is 0.000000375. The molecule has 11 aromatic carbocycles. The number of benzene rings is 11. The lowest BCUT2D eigenvalue weighted by Crippen LogP contribution is -2.34. The van der Waals surface area contributed by atoms with Crippen molar-refractivity contribution in [2.45, 2.75) is 189 Å². The highest BCUT2D eigenvalue weighted by atomic mass is 15.1. The summed E-state index contributed by atoms with van der Waals surface area (Å²) in [5.41, 5.74) is 31.3. The van der Waals surface area contributed by atoms with Gasteiger partial charge < -0.3 is 4.90 Å². The molecule has 96 heavy (non-hydrogen) atoms. The van der Waals surface area contributed by atoms with Gasteiger partial charge in [0.05, 0.1) is 10.8 Å². The second-order valence-corrected chi connectivity index (χ2v) is 20.7. The lowest BCUT2D eigenvalue weighted by molar-refractivity contribution is 0.722. The fourth-order valence-electron chi connectivity index (χ4n) is 13.7. The van der Waals surface area contributed by atoms with Crippen molar-refractivity contribution in [3.8, 4) is 33.4 Å². The topological polar surface area (TPSA) is 3.24 Å². The van der Waals surface area contributed by atoms with Gasteiger partial charge >= 0.3 is 0 Å². The van der Waals surface area contributed by atoms with Gasteiger partial charge in [-0.25, -0.2) is 0 Å². The van der Waals surface area contributed by atoms with Crippen molar-refractivity contribution in [3.63, 3.8) is 0 Å². The van der Waals surface area contributed by atoms with Gasteiger partial charge in [0, 0.05) is 18.4 Å². The SMILES string of the molecule is CC.CC.CC.CC.CC.CC.CC.CC.CC.CC.CC.CN(c1ccc2c(c1)-c1ccccc1C2)c1ccc2c(c1)C1(c3ccccc3C2)c2ccccc2-c2ccccc21.Cc1ccccc1.c1ccc2c(c1)Cc1ccccc1C21c2ccccc2-c2ccccc21. The minimum atomic E-state index is -0.328. The number of hydrogen-bond donors (Lipinski definition) is 0. The highest BCUT2D eigenvalue weighted by molar-refractivity contribution is 5.90. The van der Waals surface area contributed by atoms with Crippen molar-refractivity contribution in [2.75, 3.05) is 11.9 Å². The quantitative estimate of drug-likeness (QED) is 0.167. The number of nitrogens with zero attached hydrogens (tertiary/aromatic N) is 1. The van der Waals surface area contributed by atoms with Crippen molar-refractivity contribution in [2.24, 2.45) is 0 Å².